The van der Waals surface area contributed by atoms with E-state index in [1.165, 1.54) is 0 Å². The summed E-state index contributed by atoms with van der Waals surface area (Å²) in [6.07, 6.45) is 0.817. The highest BCUT2D eigenvalue weighted by molar-refractivity contribution is 6.04. The van der Waals surface area contributed by atoms with Gasteiger partial charge >= 0.3 is 0 Å². The van der Waals surface area contributed by atoms with Gasteiger partial charge in [-0.2, -0.15) is 0 Å². The monoisotopic (exact) mass is 419 g/mol. The molecule has 2 amide bonds. The number of ether oxygens (including phenoxy) is 1. The fourth-order valence-corrected chi connectivity index (χ4v) is 4.15. The summed E-state index contributed by atoms with van der Waals surface area (Å²) in [4.78, 5) is 42.1. The molecule has 1 aromatic heterocycles. The number of H-pyrrole nitrogens is 1. The first kappa shape index (κ1) is 20.7. The zero-order valence-corrected chi connectivity index (χ0v) is 17.8. The minimum atomic E-state index is -0.450. The van der Waals surface area contributed by atoms with Gasteiger partial charge in [-0.1, -0.05) is 13.0 Å². The van der Waals surface area contributed by atoms with E-state index in [4.69, 9.17) is 4.74 Å². The van der Waals surface area contributed by atoms with Gasteiger partial charge < -0.3 is 19.9 Å². The number of anilines is 2. The van der Waals surface area contributed by atoms with Crippen LogP contribution in [0.5, 0.6) is 5.75 Å². The lowest BCUT2D eigenvalue weighted by Crippen LogP contribution is -2.28. The molecule has 0 spiro atoms. The second kappa shape index (κ2) is 8.26. The third kappa shape index (κ3) is 3.91. The Hall–Kier alpha value is -3.61. The first-order valence-corrected chi connectivity index (χ1v) is 10.3. The molecule has 1 saturated heterocycles. The van der Waals surface area contributed by atoms with Crippen LogP contribution in [0.4, 0.5) is 11.4 Å². The first-order chi connectivity index (χ1) is 14.9. The predicted molar refractivity (Wildman–Crippen MR) is 121 cm³/mol. The summed E-state index contributed by atoms with van der Waals surface area (Å²) >= 11 is 0. The maximum absolute atomic E-state index is 12.8. The van der Waals surface area contributed by atoms with Crippen LogP contribution >= 0.6 is 0 Å². The van der Waals surface area contributed by atoms with Crippen LogP contribution in [0.2, 0.25) is 0 Å². The Morgan fingerprint density at radius 3 is 2.61 bits per heavy atom. The molecule has 3 aromatic rings. The lowest BCUT2D eigenvalue weighted by molar-refractivity contribution is -0.122. The molecule has 2 N–H and O–H groups in total. The molecule has 1 unspecified atom stereocenters. The molecule has 1 aliphatic rings. The largest absolute Gasteiger partial charge is 0.497 e. The summed E-state index contributed by atoms with van der Waals surface area (Å²) in [5.74, 6) is -0.0438. The Labute approximate surface area is 180 Å². The minimum Gasteiger partial charge on any atom is -0.497 e. The van der Waals surface area contributed by atoms with E-state index in [1.807, 2.05) is 38.1 Å². The number of nitrogens with one attached hydrogen (secondary N) is 2. The van der Waals surface area contributed by atoms with Crippen LogP contribution in [0.1, 0.15) is 24.5 Å². The summed E-state index contributed by atoms with van der Waals surface area (Å²) in [6, 6.07) is 12.7. The fourth-order valence-electron chi connectivity index (χ4n) is 4.15. The number of methoxy groups -OCH3 is 1. The van der Waals surface area contributed by atoms with Gasteiger partial charge in [0.2, 0.25) is 11.8 Å². The van der Waals surface area contributed by atoms with E-state index in [2.05, 4.69) is 10.3 Å². The molecule has 2 aromatic carbocycles. The third-order valence-electron chi connectivity index (χ3n) is 5.90. The number of hydrogen-bond donors (Lipinski definition) is 2. The molecule has 4 rings (SSSR count). The topological polar surface area (TPSA) is 91.5 Å². The number of pyridine rings is 1. The van der Waals surface area contributed by atoms with Gasteiger partial charge in [0.05, 0.1) is 18.5 Å². The highest BCUT2D eigenvalue weighted by Crippen LogP contribution is 2.28. The van der Waals surface area contributed by atoms with Crippen LogP contribution in [0, 0.1) is 12.8 Å². The average Bonchev–Trinajstić information content (AvgIpc) is 3.15. The number of carbonyl (C=O) groups excluding carboxylic acids is 2. The van der Waals surface area contributed by atoms with E-state index in [1.54, 1.807) is 30.2 Å². The standard InChI is InChI=1S/C24H25N3O4/c1-4-19-14(2)20-10-5-16(12-21(20)26-24(19)30)25-23(29)15-11-22(28)27(13-15)17-6-8-18(31-3)9-7-17/h5-10,12,15H,4,11,13H2,1-3H3,(H,25,29)(H,26,30). The Bertz CT molecular complexity index is 1210. The number of benzene rings is 2. The van der Waals surface area contributed by atoms with Crippen LogP contribution in [0.15, 0.2) is 47.3 Å². The molecule has 0 saturated carbocycles. The highest BCUT2D eigenvalue weighted by Gasteiger charge is 2.35. The van der Waals surface area contributed by atoms with Crippen LogP contribution in [-0.4, -0.2) is 30.5 Å². The van der Waals surface area contributed by atoms with Crippen molar-refractivity contribution in [1.82, 2.24) is 4.98 Å². The van der Waals surface area contributed by atoms with Crippen molar-refractivity contribution in [3.05, 3.63) is 63.9 Å². The van der Waals surface area contributed by atoms with Gasteiger partial charge in [0, 0.05) is 35.3 Å². The molecular formula is C24H25N3O4. The molecule has 2 heterocycles. The highest BCUT2D eigenvalue weighted by atomic mass is 16.5. The van der Waals surface area contributed by atoms with Gasteiger partial charge in [-0.15, -0.1) is 0 Å². The van der Waals surface area contributed by atoms with Gasteiger partial charge in [0.25, 0.3) is 5.56 Å². The number of amides is 2. The van der Waals surface area contributed by atoms with Crippen molar-refractivity contribution in [3.8, 4) is 5.75 Å². The normalized spacial score (nSPS) is 16.0. The van der Waals surface area contributed by atoms with Crippen molar-refractivity contribution < 1.29 is 14.3 Å². The van der Waals surface area contributed by atoms with E-state index >= 15 is 0 Å². The number of hydrogen-bond acceptors (Lipinski definition) is 4. The predicted octanol–water partition coefficient (Wildman–Crippen LogP) is 3.40. The molecule has 7 nitrogen and oxygen atoms in total. The second-order valence-corrected chi connectivity index (χ2v) is 7.76. The third-order valence-corrected chi connectivity index (χ3v) is 5.90. The molecule has 0 bridgehead atoms. The molecule has 1 fully saturated rings. The Morgan fingerprint density at radius 1 is 1.19 bits per heavy atom. The summed E-state index contributed by atoms with van der Waals surface area (Å²) in [5.41, 5.74) is 3.63. The number of rotatable bonds is 5. The molecular weight excluding hydrogens is 394 g/mol. The van der Waals surface area contributed by atoms with Crippen molar-refractivity contribution in [2.24, 2.45) is 5.92 Å². The zero-order chi connectivity index (χ0) is 22.1. The average molecular weight is 419 g/mol. The number of fused-ring (bicyclic) bond motifs is 1. The smallest absolute Gasteiger partial charge is 0.251 e. The Balaban J connectivity index is 1.51. The summed E-state index contributed by atoms with van der Waals surface area (Å²) in [7, 11) is 1.59. The van der Waals surface area contributed by atoms with Gasteiger partial charge in [-0.25, -0.2) is 0 Å². The second-order valence-electron chi connectivity index (χ2n) is 7.76. The molecule has 0 aliphatic carbocycles. The summed E-state index contributed by atoms with van der Waals surface area (Å²) < 4.78 is 5.15. The first-order valence-electron chi connectivity index (χ1n) is 10.3. The summed E-state index contributed by atoms with van der Waals surface area (Å²) in [6.45, 7) is 4.21. The van der Waals surface area contributed by atoms with Crippen LogP contribution in [0.25, 0.3) is 10.9 Å². The van der Waals surface area contributed by atoms with Gasteiger partial charge in [0.15, 0.2) is 0 Å². The van der Waals surface area contributed by atoms with Crippen molar-refractivity contribution in [2.75, 3.05) is 23.9 Å². The Kier molecular flexibility index (Phi) is 5.50. The van der Waals surface area contributed by atoms with E-state index in [0.29, 0.717) is 29.9 Å². The number of carbonyl (C=O) groups is 2. The minimum absolute atomic E-state index is 0.0871. The van der Waals surface area contributed by atoms with E-state index < -0.39 is 5.92 Å². The Morgan fingerprint density at radius 2 is 1.94 bits per heavy atom. The van der Waals surface area contributed by atoms with Crippen molar-refractivity contribution in [3.63, 3.8) is 0 Å². The van der Waals surface area contributed by atoms with E-state index in [9.17, 15) is 14.4 Å². The molecule has 7 heteroatoms. The number of aromatic amines is 1. The fraction of sp³-hybridized carbons (Fsp3) is 0.292. The number of aryl methyl sites for hydroxylation is 1. The molecule has 31 heavy (non-hydrogen) atoms. The zero-order valence-electron chi connectivity index (χ0n) is 17.8. The van der Waals surface area contributed by atoms with Crippen molar-refractivity contribution >= 4 is 34.1 Å². The molecule has 1 atom stereocenters. The van der Waals surface area contributed by atoms with Crippen LogP contribution < -0.4 is 20.5 Å². The maximum atomic E-state index is 12.8. The van der Waals surface area contributed by atoms with Gasteiger partial charge in [-0.3, -0.25) is 14.4 Å². The quantitative estimate of drug-likeness (QED) is 0.663. The van der Waals surface area contributed by atoms with E-state index in [-0.39, 0.29) is 23.8 Å². The molecule has 0 radical (unpaired) electrons. The lowest BCUT2D eigenvalue weighted by Gasteiger charge is -2.17. The maximum Gasteiger partial charge on any atom is 0.251 e. The van der Waals surface area contributed by atoms with Crippen LogP contribution in [-0.2, 0) is 16.0 Å². The molecule has 160 valence electrons. The molecule has 1 aliphatic heterocycles. The van der Waals surface area contributed by atoms with Crippen molar-refractivity contribution in [2.45, 2.75) is 26.7 Å². The van der Waals surface area contributed by atoms with Crippen molar-refractivity contribution in [1.29, 1.82) is 0 Å². The number of nitrogens with zero attached hydrogens (tertiary/aromatic N) is 1. The number of aromatic nitrogens is 1. The van der Waals surface area contributed by atoms with Crippen LogP contribution in [0.3, 0.4) is 0 Å². The van der Waals surface area contributed by atoms with Gasteiger partial charge in [-0.05, 0) is 55.3 Å². The lowest BCUT2D eigenvalue weighted by atomic mass is 10.0. The summed E-state index contributed by atoms with van der Waals surface area (Å²) in [5, 5.41) is 3.85. The van der Waals surface area contributed by atoms with E-state index in [0.717, 1.165) is 22.2 Å². The van der Waals surface area contributed by atoms with Gasteiger partial charge in [0.1, 0.15) is 5.75 Å². The SMILES string of the molecule is CCc1c(C)c2ccc(NC(=O)C3CC(=O)N(c4ccc(OC)cc4)C3)cc2[nH]c1=O.